The topological polar surface area (TPSA) is 0 Å². The Balaban J connectivity index is -0.000000163. The van der Waals surface area contributed by atoms with Crippen LogP contribution in [-0.4, -0.2) is 0 Å². The van der Waals surface area contributed by atoms with Gasteiger partial charge in [0.25, 0.3) is 0 Å². The standard InChI is InChI=1S/C7H9.ClH.Zr.H/c1-6-4-3-5-7(6)2;;;/h4H,5H2,1-2H3;1H;;/q-1;;+3;-1/p-1. The molecule has 0 amide bonds. The summed E-state index contributed by atoms with van der Waals surface area (Å²) in [7, 11) is 0. The third-order valence-corrected chi connectivity index (χ3v) is 1.36. The Hall–Kier alpha value is 0.653. The van der Waals surface area contributed by atoms with Crippen LogP contribution >= 0.6 is 0 Å². The third-order valence-electron chi connectivity index (χ3n) is 1.36. The molecule has 0 N–H and O–H groups in total. The van der Waals surface area contributed by atoms with E-state index in [4.69, 9.17) is 0 Å². The minimum Gasteiger partial charge on any atom is -1.00 e. The quantitative estimate of drug-likeness (QED) is 0.469. The van der Waals surface area contributed by atoms with Crippen molar-refractivity contribution in [2.75, 3.05) is 0 Å². The van der Waals surface area contributed by atoms with E-state index in [-0.39, 0.29) is 40.0 Å². The maximum atomic E-state index is 3.12. The third kappa shape index (κ3) is 3.37. The van der Waals surface area contributed by atoms with Gasteiger partial charge in [-0.1, -0.05) is 6.92 Å². The van der Waals surface area contributed by atoms with Crippen LogP contribution in [0.4, 0.5) is 0 Å². The molecule has 0 aromatic carbocycles. The molecule has 0 spiro atoms. The van der Waals surface area contributed by atoms with Crippen molar-refractivity contribution in [1.29, 1.82) is 0 Å². The Kier molecular flexibility index (Phi) is 7.46. The van der Waals surface area contributed by atoms with E-state index >= 15 is 0 Å². The Morgan fingerprint density at radius 2 is 2.11 bits per heavy atom. The fourth-order valence-electron chi connectivity index (χ4n) is 0.620. The van der Waals surface area contributed by atoms with Crippen LogP contribution in [0.15, 0.2) is 17.2 Å². The first-order chi connectivity index (χ1) is 3.30. The summed E-state index contributed by atoms with van der Waals surface area (Å²) in [6.07, 6.45) is 6.22. The molecule has 0 aromatic heterocycles. The second kappa shape index (κ2) is 5.44. The van der Waals surface area contributed by atoms with E-state index in [0.29, 0.717) is 0 Å². The molecule has 0 unspecified atom stereocenters. The van der Waals surface area contributed by atoms with Crippen molar-refractivity contribution >= 4 is 0 Å². The molecule has 49 valence electrons. The number of hydrogen-bond acceptors (Lipinski definition) is 0. The van der Waals surface area contributed by atoms with Crippen molar-refractivity contribution in [3.05, 3.63) is 23.3 Å². The summed E-state index contributed by atoms with van der Waals surface area (Å²) in [6, 6.07) is 0. The molecule has 0 bridgehead atoms. The predicted molar refractivity (Wildman–Crippen MR) is 31.9 cm³/mol. The van der Waals surface area contributed by atoms with Gasteiger partial charge in [0.15, 0.2) is 0 Å². The Bertz CT molecular complexity index is 141. The van der Waals surface area contributed by atoms with Crippen LogP contribution in [-0.2, 0) is 26.2 Å². The van der Waals surface area contributed by atoms with Gasteiger partial charge in [0.05, 0.1) is 0 Å². The van der Waals surface area contributed by atoms with Gasteiger partial charge in [-0.05, 0) is 0 Å². The molecule has 9 heavy (non-hydrogen) atoms. The van der Waals surface area contributed by atoms with Gasteiger partial charge in [-0.25, -0.2) is 11.6 Å². The summed E-state index contributed by atoms with van der Waals surface area (Å²) in [5.41, 5.74) is 2.85. The molecule has 1 radical (unpaired) electrons. The average Bonchev–Trinajstić information content (AvgIpc) is 1.91. The summed E-state index contributed by atoms with van der Waals surface area (Å²) >= 11 is 0. The van der Waals surface area contributed by atoms with Crippen LogP contribution in [0.3, 0.4) is 0 Å². The molecule has 0 aromatic rings. The van der Waals surface area contributed by atoms with Crippen molar-refractivity contribution in [3.8, 4) is 0 Å². The molecule has 0 aliphatic heterocycles. The maximum absolute atomic E-state index is 3.12. The normalized spacial score (nSPS) is 14.9. The first kappa shape index (κ1) is 12.3. The van der Waals surface area contributed by atoms with Gasteiger partial charge >= 0.3 is 26.2 Å². The molecule has 0 saturated heterocycles. The predicted octanol–water partition coefficient (Wildman–Crippen LogP) is -0.800. The summed E-state index contributed by atoms with van der Waals surface area (Å²) in [4.78, 5) is 0. The van der Waals surface area contributed by atoms with Gasteiger partial charge in [0, 0.05) is 0 Å². The van der Waals surface area contributed by atoms with Gasteiger partial charge in [-0.2, -0.15) is 5.57 Å². The van der Waals surface area contributed by atoms with Crippen LogP contribution in [0.5, 0.6) is 0 Å². The van der Waals surface area contributed by atoms with Gasteiger partial charge < -0.3 is 13.8 Å². The smallest absolute Gasteiger partial charge is 1.00 e. The maximum Gasteiger partial charge on any atom is 3.00 e. The van der Waals surface area contributed by atoms with E-state index in [1.165, 1.54) is 11.1 Å². The van der Waals surface area contributed by atoms with E-state index in [1.807, 2.05) is 0 Å². The van der Waals surface area contributed by atoms with E-state index in [1.54, 1.807) is 0 Å². The van der Waals surface area contributed by atoms with Crippen molar-refractivity contribution < 1.29 is 40.0 Å². The van der Waals surface area contributed by atoms with Gasteiger partial charge in [0.1, 0.15) is 0 Å². The molecular weight excluding hydrogens is 211 g/mol. The zero-order chi connectivity index (χ0) is 5.28. The summed E-state index contributed by atoms with van der Waals surface area (Å²) in [5, 5.41) is 0. The van der Waals surface area contributed by atoms with Crippen LogP contribution in [0.25, 0.3) is 0 Å². The zero-order valence-electron chi connectivity index (χ0n) is 6.66. The van der Waals surface area contributed by atoms with E-state index < -0.39 is 0 Å². The summed E-state index contributed by atoms with van der Waals surface area (Å²) in [5.74, 6) is 0. The number of rotatable bonds is 0. The van der Waals surface area contributed by atoms with E-state index in [0.717, 1.165) is 6.42 Å². The second-order valence-corrected chi connectivity index (χ2v) is 1.99. The molecule has 0 heterocycles. The number of hydrogen-bond donors (Lipinski definition) is 0. The fraction of sp³-hybridized carbons (Fsp3) is 0.429. The molecule has 1 rings (SSSR count). The van der Waals surface area contributed by atoms with Crippen molar-refractivity contribution in [2.45, 2.75) is 20.3 Å². The van der Waals surface area contributed by atoms with Gasteiger partial charge in [-0.15, -0.1) is 13.3 Å². The SMILES string of the molecule is CC1=C(C)C[C-]=C1.[Cl-].[H-].[Zr+3]. The van der Waals surface area contributed by atoms with Crippen molar-refractivity contribution in [3.63, 3.8) is 0 Å². The molecule has 0 saturated carbocycles. The minimum absolute atomic E-state index is 0. The van der Waals surface area contributed by atoms with Crippen molar-refractivity contribution in [1.82, 2.24) is 0 Å². The van der Waals surface area contributed by atoms with E-state index in [9.17, 15) is 0 Å². The van der Waals surface area contributed by atoms with Crippen LogP contribution in [0.2, 0.25) is 0 Å². The van der Waals surface area contributed by atoms with Crippen molar-refractivity contribution in [2.24, 2.45) is 0 Å². The zero-order valence-corrected chi connectivity index (χ0v) is 8.88. The summed E-state index contributed by atoms with van der Waals surface area (Å²) in [6.45, 7) is 4.27. The molecule has 0 nitrogen and oxygen atoms in total. The van der Waals surface area contributed by atoms with Gasteiger partial charge in [-0.3, -0.25) is 6.08 Å². The Morgan fingerprint density at radius 1 is 1.56 bits per heavy atom. The average molecular weight is 221 g/mol. The van der Waals surface area contributed by atoms with Crippen LogP contribution in [0.1, 0.15) is 21.7 Å². The largest absolute Gasteiger partial charge is 3.00 e. The second-order valence-electron chi connectivity index (χ2n) is 1.99. The fourth-order valence-corrected chi connectivity index (χ4v) is 0.620. The number of halogens is 1. The van der Waals surface area contributed by atoms with Gasteiger partial charge in [0.2, 0.25) is 0 Å². The number of allylic oxidation sites excluding steroid dienone is 4. The molecular formula is C7H10ClZr. The molecule has 1 aliphatic carbocycles. The van der Waals surface area contributed by atoms with E-state index in [2.05, 4.69) is 26.0 Å². The molecule has 2 heteroatoms. The monoisotopic (exact) mass is 219 g/mol. The van der Waals surface area contributed by atoms with Crippen LogP contribution in [0, 0.1) is 6.08 Å². The Labute approximate surface area is 83.4 Å². The minimum atomic E-state index is 0. The first-order valence-corrected chi connectivity index (χ1v) is 2.53. The molecule has 1 aliphatic rings. The molecule has 0 atom stereocenters. The Morgan fingerprint density at radius 3 is 2.22 bits per heavy atom. The van der Waals surface area contributed by atoms with Crippen LogP contribution < -0.4 is 12.4 Å². The first-order valence-electron chi connectivity index (χ1n) is 2.53. The summed E-state index contributed by atoms with van der Waals surface area (Å²) < 4.78 is 0. The molecule has 0 fully saturated rings.